The average Bonchev–Trinajstić information content (AvgIpc) is 2.83. The standard InChI is InChI=1S/C14H20FNO/c1-17-14-7-6-12(15)8-11(14)9-13(16)10-4-2-3-5-10/h6-8,10,13H,2-5,9,16H2,1H3. The Morgan fingerprint density at radius 2 is 2.12 bits per heavy atom. The Balaban J connectivity index is 2.08. The lowest BCUT2D eigenvalue weighted by atomic mass is 9.92. The molecule has 0 bridgehead atoms. The molecule has 0 aromatic heterocycles. The van der Waals surface area contributed by atoms with Gasteiger partial charge in [-0.2, -0.15) is 0 Å². The van der Waals surface area contributed by atoms with Gasteiger partial charge < -0.3 is 10.5 Å². The molecule has 1 aromatic rings. The second kappa shape index (κ2) is 5.50. The third kappa shape index (κ3) is 2.97. The van der Waals surface area contributed by atoms with E-state index in [-0.39, 0.29) is 11.9 Å². The Hall–Kier alpha value is -1.09. The molecule has 1 fully saturated rings. The van der Waals surface area contributed by atoms with Crippen molar-refractivity contribution in [3.63, 3.8) is 0 Å². The number of nitrogens with two attached hydrogens (primary N) is 1. The molecule has 0 aliphatic heterocycles. The van der Waals surface area contributed by atoms with Crippen molar-refractivity contribution in [2.45, 2.75) is 38.1 Å². The highest BCUT2D eigenvalue weighted by Crippen LogP contribution is 2.30. The van der Waals surface area contributed by atoms with Crippen LogP contribution >= 0.6 is 0 Å². The molecule has 0 saturated heterocycles. The van der Waals surface area contributed by atoms with Crippen molar-refractivity contribution in [1.29, 1.82) is 0 Å². The second-order valence-corrected chi connectivity index (χ2v) is 4.87. The summed E-state index contributed by atoms with van der Waals surface area (Å²) in [5, 5.41) is 0. The summed E-state index contributed by atoms with van der Waals surface area (Å²) in [6.45, 7) is 0. The smallest absolute Gasteiger partial charge is 0.123 e. The van der Waals surface area contributed by atoms with Gasteiger partial charge in [-0.05, 0) is 48.9 Å². The number of halogens is 1. The molecule has 2 nitrogen and oxygen atoms in total. The van der Waals surface area contributed by atoms with Crippen molar-refractivity contribution in [2.75, 3.05) is 7.11 Å². The van der Waals surface area contributed by atoms with Crippen LogP contribution < -0.4 is 10.5 Å². The first-order valence-corrected chi connectivity index (χ1v) is 6.28. The fraction of sp³-hybridized carbons (Fsp3) is 0.571. The maximum atomic E-state index is 13.2. The van der Waals surface area contributed by atoms with Crippen LogP contribution in [-0.2, 0) is 6.42 Å². The molecule has 0 radical (unpaired) electrons. The van der Waals surface area contributed by atoms with Gasteiger partial charge in [0, 0.05) is 6.04 Å². The minimum atomic E-state index is -0.223. The van der Waals surface area contributed by atoms with Gasteiger partial charge in [-0.3, -0.25) is 0 Å². The van der Waals surface area contributed by atoms with Crippen LogP contribution in [0.1, 0.15) is 31.2 Å². The molecule has 0 heterocycles. The lowest BCUT2D eigenvalue weighted by molar-refractivity contribution is 0.393. The Morgan fingerprint density at radius 1 is 1.41 bits per heavy atom. The normalized spacial score (nSPS) is 18.3. The molecule has 94 valence electrons. The molecule has 1 aliphatic rings. The van der Waals surface area contributed by atoms with E-state index < -0.39 is 0 Å². The summed E-state index contributed by atoms with van der Waals surface area (Å²) in [5.41, 5.74) is 7.09. The van der Waals surface area contributed by atoms with Gasteiger partial charge in [-0.1, -0.05) is 12.8 Å². The quantitative estimate of drug-likeness (QED) is 0.874. The van der Waals surface area contributed by atoms with Crippen molar-refractivity contribution in [2.24, 2.45) is 11.7 Å². The zero-order chi connectivity index (χ0) is 12.3. The molecule has 0 spiro atoms. The molecule has 17 heavy (non-hydrogen) atoms. The first-order chi connectivity index (χ1) is 8.20. The van der Waals surface area contributed by atoms with Crippen LogP contribution in [0.4, 0.5) is 4.39 Å². The molecule has 1 saturated carbocycles. The lowest BCUT2D eigenvalue weighted by Gasteiger charge is -2.20. The SMILES string of the molecule is COc1ccc(F)cc1CC(N)C1CCCC1. The number of benzene rings is 1. The van der Waals surface area contributed by atoms with Gasteiger partial charge in [0.1, 0.15) is 11.6 Å². The van der Waals surface area contributed by atoms with E-state index in [1.165, 1.54) is 37.8 Å². The van der Waals surface area contributed by atoms with Crippen LogP contribution in [0, 0.1) is 11.7 Å². The number of ether oxygens (including phenoxy) is 1. The molecule has 1 atom stereocenters. The van der Waals surface area contributed by atoms with Crippen LogP contribution in [0.5, 0.6) is 5.75 Å². The monoisotopic (exact) mass is 237 g/mol. The van der Waals surface area contributed by atoms with Crippen LogP contribution in [0.25, 0.3) is 0 Å². The summed E-state index contributed by atoms with van der Waals surface area (Å²) in [5.74, 6) is 1.10. The van der Waals surface area contributed by atoms with E-state index in [1.807, 2.05) is 0 Å². The zero-order valence-corrected chi connectivity index (χ0v) is 10.3. The number of rotatable bonds is 4. The fourth-order valence-corrected chi connectivity index (χ4v) is 2.71. The third-order valence-corrected chi connectivity index (χ3v) is 3.70. The summed E-state index contributed by atoms with van der Waals surface area (Å²) < 4.78 is 18.5. The van der Waals surface area contributed by atoms with E-state index in [0.29, 0.717) is 12.3 Å². The molecular weight excluding hydrogens is 217 g/mol. The van der Waals surface area contributed by atoms with E-state index in [1.54, 1.807) is 13.2 Å². The summed E-state index contributed by atoms with van der Waals surface area (Å²) in [6.07, 6.45) is 5.67. The second-order valence-electron chi connectivity index (χ2n) is 4.87. The Morgan fingerprint density at radius 3 is 2.76 bits per heavy atom. The van der Waals surface area contributed by atoms with Gasteiger partial charge in [-0.25, -0.2) is 4.39 Å². The number of hydrogen-bond donors (Lipinski definition) is 1. The first kappa shape index (κ1) is 12.4. The highest BCUT2D eigenvalue weighted by Gasteiger charge is 2.23. The van der Waals surface area contributed by atoms with Crippen LogP contribution in [-0.4, -0.2) is 13.2 Å². The van der Waals surface area contributed by atoms with Crippen molar-refractivity contribution in [3.05, 3.63) is 29.6 Å². The van der Waals surface area contributed by atoms with Gasteiger partial charge in [0.05, 0.1) is 7.11 Å². The molecule has 1 unspecified atom stereocenters. The lowest BCUT2D eigenvalue weighted by Crippen LogP contribution is -2.30. The van der Waals surface area contributed by atoms with Crippen LogP contribution in [0.15, 0.2) is 18.2 Å². The summed E-state index contributed by atoms with van der Waals surface area (Å²) in [4.78, 5) is 0. The molecule has 3 heteroatoms. The van der Waals surface area contributed by atoms with E-state index >= 15 is 0 Å². The third-order valence-electron chi connectivity index (χ3n) is 3.70. The first-order valence-electron chi connectivity index (χ1n) is 6.28. The van der Waals surface area contributed by atoms with Crippen molar-refractivity contribution >= 4 is 0 Å². The minimum Gasteiger partial charge on any atom is -0.496 e. The van der Waals surface area contributed by atoms with Gasteiger partial charge in [0.25, 0.3) is 0 Å². The van der Waals surface area contributed by atoms with Gasteiger partial charge in [-0.15, -0.1) is 0 Å². The highest BCUT2D eigenvalue weighted by atomic mass is 19.1. The molecule has 0 amide bonds. The molecule has 2 N–H and O–H groups in total. The summed E-state index contributed by atoms with van der Waals surface area (Å²) in [7, 11) is 1.61. The Kier molecular flexibility index (Phi) is 4.00. The maximum absolute atomic E-state index is 13.2. The number of hydrogen-bond acceptors (Lipinski definition) is 2. The summed E-state index contributed by atoms with van der Waals surface area (Å²) in [6, 6.07) is 4.75. The predicted octanol–water partition coefficient (Wildman–Crippen LogP) is 2.89. The van der Waals surface area contributed by atoms with Gasteiger partial charge in [0.15, 0.2) is 0 Å². The minimum absolute atomic E-state index is 0.119. The van der Waals surface area contributed by atoms with E-state index in [4.69, 9.17) is 10.5 Å². The topological polar surface area (TPSA) is 35.2 Å². The van der Waals surface area contributed by atoms with Crippen molar-refractivity contribution < 1.29 is 9.13 Å². The summed E-state index contributed by atoms with van der Waals surface area (Å²) >= 11 is 0. The number of methoxy groups -OCH3 is 1. The zero-order valence-electron chi connectivity index (χ0n) is 10.3. The van der Waals surface area contributed by atoms with E-state index in [2.05, 4.69) is 0 Å². The Bertz CT molecular complexity index is 374. The molecule has 1 aliphatic carbocycles. The maximum Gasteiger partial charge on any atom is 0.123 e. The Labute approximate surface area is 102 Å². The van der Waals surface area contributed by atoms with E-state index in [9.17, 15) is 4.39 Å². The predicted molar refractivity (Wildman–Crippen MR) is 66.6 cm³/mol. The molecular formula is C14H20FNO. The fourth-order valence-electron chi connectivity index (χ4n) is 2.71. The van der Waals surface area contributed by atoms with Crippen LogP contribution in [0.3, 0.4) is 0 Å². The van der Waals surface area contributed by atoms with Gasteiger partial charge in [0.2, 0.25) is 0 Å². The molecule has 1 aromatic carbocycles. The van der Waals surface area contributed by atoms with Crippen molar-refractivity contribution in [1.82, 2.24) is 0 Å². The highest BCUT2D eigenvalue weighted by molar-refractivity contribution is 5.34. The van der Waals surface area contributed by atoms with E-state index in [0.717, 1.165) is 11.3 Å². The van der Waals surface area contributed by atoms with Crippen LogP contribution in [0.2, 0.25) is 0 Å². The van der Waals surface area contributed by atoms with Gasteiger partial charge >= 0.3 is 0 Å². The largest absolute Gasteiger partial charge is 0.496 e. The average molecular weight is 237 g/mol. The molecule has 2 rings (SSSR count). The van der Waals surface area contributed by atoms with Crippen molar-refractivity contribution in [3.8, 4) is 5.75 Å².